The number of rotatable bonds is 3. The van der Waals surface area contributed by atoms with Gasteiger partial charge in [0, 0.05) is 28.0 Å². The third-order valence-corrected chi connectivity index (χ3v) is 8.38. The van der Waals surface area contributed by atoms with E-state index < -0.39 is 0 Å². The van der Waals surface area contributed by atoms with Crippen LogP contribution in [0.1, 0.15) is 5.56 Å². The number of para-hydroxylation sites is 2. The van der Waals surface area contributed by atoms with Crippen molar-refractivity contribution >= 4 is 49.7 Å². The molecule has 5 nitrogen and oxygen atoms in total. The Morgan fingerprint density at radius 2 is 1.35 bits per heavy atom. The van der Waals surface area contributed by atoms with E-state index in [1.807, 2.05) is 65.1 Å². The van der Waals surface area contributed by atoms with Crippen molar-refractivity contribution in [3.8, 4) is 34.0 Å². The van der Waals surface area contributed by atoms with Gasteiger partial charge in [0.15, 0.2) is 0 Å². The Morgan fingerprint density at radius 3 is 2.19 bits per heavy atom. The first-order valence-electron chi connectivity index (χ1n) is 14.2. The van der Waals surface area contributed by atoms with E-state index in [-0.39, 0.29) is 0 Å². The van der Waals surface area contributed by atoms with E-state index in [0.717, 1.165) is 77.6 Å². The van der Waals surface area contributed by atoms with Gasteiger partial charge in [-0.05, 0) is 82.9 Å². The molecule has 5 heteroatoms. The van der Waals surface area contributed by atoms with Gasteiger partial charge in [-0.25, -0.2) is 4.98 Å². The van der Waals surface area contributed by atoms with Crippen LogP contribution >= 0.6 is 0 Å². The Bertz CT molecular complexity index is 2560. The quantitative estimate of drug-likeness (QED) is 0.220. The molecule has 0 N–H and O–H groups in total. The van der Waals surface area contributed by atoms with Crippen LogP contribution in [0.4, 0.5) is 0 Å². The number of hydrogen-bond donors (Lipinski definition) is 0. The van der Waals surface area contributed by atoms with Crippen molar-refractivity contribution in [2.75, 3.05) is 0 Å². The second-order valence-electron chi connectivity index (χ2n) is 10.8. The Morgan fingerprint density at radius 1 is 0.605 bits per heavy atom. The van der Waals surface area contributed by atoms with Crippen LogP contribution in [0.25, 0.3) is 77.6 Å². The SMILES string of the molecule is N#Cc1ccc2c3cc(-c4ccc(-c5ccc6nc7c8ccccc8oc7n6c5)cc4)ccc3n(-c3ccccc3)c2c1. The topological polar surface area (TPSA) is 59.2 Å². The van der Waals surface area contributed by atoms with Crippen molar-refractivity contribution in [3.05, 3.63) is 139 Å². The van der Waals surface area contributed by atoms with E-state index in [0.29, 0.717) is 5.56 Å². The molecule has 0 spiro atoms. The number of aromatic nitrogens is 3. The second-order valence-corrected chi connectivity index (χ2v) is 10.8. The number of nitrogens with zero attached hydrogens (tertiary/aromatic N) is 4. The van der Waals surface area contributed by atoms with Crippen molar-refractivity contribution in [1.82, 2.24) is 14.0 Å². The first-order valence-corrected chi connectivity index (χ1v) is 14.2. The Labute approximate surface area is 246 Å². The molecule has 0 radical (unpaired) electrons. The molecule has 43 heavy (non-hydrogen) atoms. The van der Waals surface area contributed by atoms with Gasteiger partial charge < -0.3 is 8.98 Å². The summed E-state index contributed by atoms with van der Waals surface area (Å²) in [7, 11) is 0. The minimum Gasteiger partial charge on any atom is -0.437 e. The zero-order valence-corrected chi connectivity index (χ0v) is 22.9. The third kappa shape index (κ3) is 3.54. The smallest absolute Gasteiger partial charge is 0.232 e. The maximum absolute atomic E-state index is 9.58. The van der Waals surface area contributed by atoms with Crippen molar-refractivity contribution in [1.29, 1.82) is 5.26 Å². The molecular weight excluding hydrogens is 528 g/mol. The summed E-state index contributed by atoms with van der Waals surface area (Å²) in [6.07, 6.45) is 2.10. The first-order chi connectivity index (χ1) is 21.2. The predicted molar refractivity (Wildman–Crippen MR) is 172 cm³/mol. The fourth-order valence-corrected chi connectivity index (χ4v) is 6.30. The third-order valence-electron chi connectivity index (χ3n) is 8.38. The lowest BCUT2D eigenvalue weighted by molar-refractivity contribution is 0.649. The van der Waals surface area contributed by atoms with Gasteiger partial charge in [-0.2, -0.15) is 5.26 Å². The van der Waals surface area contributed by atoms with Gasteiger partial charge in [0.2, 0.25) is 5.71 Å². The Hall–Kier alpha value is -6.12. The van der Waals surface area contributed by atoms with E-state index in [1.54, 1.807) is 0 Å². The van der Waals surface area contributed by atoms with Gasteiger partial charge in [-0.3, -0.25) is 4.40 Å². The molecule has 9 rings (SSSR count). The molecule has 200 valence electrons. The van der Waals surface area contributed by atoms with E-state index in [1.165, 1.54) is 0 Å². The van der Waals surface area contributed by atoms with Crippen molar-refractivity contribution in [2.24, 2.45) is 0 Å². The van der Waals surface area contributed by atoms with Crippen molar-refractivity contribution in [3.63, 3.8) is 0 Å². The zero-order chi connectivity index (χ0) is 28.5. The summed E-state index contributed by atoms with van der Waals surface area (Å²) in [5, 5.41) is 12.9. The van der Waals surface area contributed by atoms with Gasteiger partial charge in [0.25, 0.3) is 0 Å². The van der Waals surface area contributed by atoms with Crippen LogP contribution in [0.2, 0.25) is 0 Å². The second kappa shape index (κ2) is 8.94. The largest absolute Gasteiger partial charge is 0.437 e. The fourth-order valence-electron chi connectivity index (χ4n) is 6.30. The van der Waals surface area contributed by atoms with Crippen molar-refractivity contribution < 1.29 is 4.42 Å². The van der Waals surface area contributed by atoms with Crippen LogP contribution < -0.4 is 0 Å². The van der Waals surface area contributed by atoms with Crippen molar-refractivity contribution in [2.45, 2.75) is 0 Å². The Balaban J connectivity index is 1.13. The summed E-state index contributed by atoms with van der Waals surface area (Å²) >= 11 is 0. The Kier molecular flexibility index (Phi) is 4.90. The zero-order valence-electron chi connectivity index (χ0n) is 22.9. The monoisotopic (exact) mass is 550 g/mol. The minimum absolute atomic E-state index is 0.651. The summed E-state index contributed by atoms with van der Waals surface area (Å²) < 4.78 is 10.4. The summed E-state index contributed by atoms with van der Waals surface area (Å²) in [6, 6.07) is 46.0. The number of benzene rings is 5. The fraction of sp³-hybridized carbons (Fsp3) is 0. The molecule has 0 unspecified atom stereocenters. The maximum Gasteiger partial charge on any atom is 0.232 e. The number of hydrogen-bond acceptors (Lipinski definition) is 3. The number of imidazole rings is 1. The van der Waals surface area contributed by atoms with Gasteiger partial charge in [-0.1, -0.05) is 66.7 Å². The summed E-state index contributed by atoms with van der Waals surface area (Å²) in [4.78, 5) is 4.82. The molecule has 0 saturated carbocycles. The minimum atomic E-state index is 0.651. The lowest BCUT2D eigenvalue weighted by atomic mass is 9.99. The van der Waals surface area contributed by atoms with E-state index in [9.17, 15) is 5.26 Å². The molecule has 0 aliphatic rings. The van der Waals surface area contributed by atoms with Crippen LogP contribution in [0, 0.1) is 11.3 Å². The molecule has 0 atom stereocenters. The number of furan rings is 1. The van der Waals surface area contributed by atoms with Crippen LogP contribution in [0.15, 0.2) is 138 Å². The molecule has 4 aromatic heterocycles. The van der Waals surface area contributed by atoms with Gasteiger partial charge in [0.1, 0.15) is 16.7 Å². The molecule has 0 aliphatic heterocycles. The molecule has 4 heterocycles. The average molecular weight is 551 g/mol. The molecule has 0 amide bonds. The summed E-state index contributed by atoms with van der Waals surface area (Å²) in [5.74, 6) is 0. The van der Waals surface area contributed by atoms with Crippen LogP contribution in [0.3, 0.4) is 0 Å². The number of fused-ring (bicyclic) bond motifs is 8. The lowest BCUT2D eigenvalue weighted by Gasteiger charge is -2.09. The molecule has 0 fully saturated rings. The average Bonchev–Trinajstić information content (AvgIpc) is 3.72. The van der Waals surface area contributed by atoms with Crippen LogP contribution in [-0.2, 0) is 0 Å². The van der Waals surface area contributed by atoms with E-state index in [4.69, 9.17) is 9.40 Å². The summed E-state index contributed by atoms with van der Waals surface area (Å²) in [5.41, 5.74) is 11.7. The highest BCUT2D eigenvalue weighted by Crippen LogP contribution is 2.36. The maximum atomic E-state index is 9.58. The number of pyridine rings is 1. The highest BCUT2D eigenvalue weighted by Gasteiger charge is 2.16. The predicted octanol–water partition coefficient (Wildman–Crippen LogP) is 9.54. The first kappa shape index (κ1) is 23.6. The highest BCUT2D eigenvalue weighted by molar-refractivity contribution is 6.11. The van der Waals surface area contributed by atoms with Gasteiger partial charge in [0.05, 0.1) is 22.7 Å². The molecule has 9 aromatic rings. The molecular formula is C38H22N4O. The standard InChI is InChI=1S/C38H22N4O/c39-22-24-10-17-30-32-21-27(15-18-33(32)42(34(30)20-24)29-6-2-1-3-7-29)25-11-13-26(14-12-25)28-16-19-36-40-37-31-8-4-5-9-35(31)43-38(37)41(36)23-28/h1-21,23H. The van der Waals surface area contributed by atoms with Gasteiger partial charge in [-0.15, -0.1) is 0 Å². The normalized spacial score (nSPS) is 11.7. The van der Waals surface area contributed by atoms with Gasteiger partial charge >= 0.3 is 0 Å². The molecule has 5 aromatic carbocycles. The highest BCUT2D eigenvalue weighted by atomic mass is 16.3. The van der Waals surface area contributed by atoms with Crippen LogP contribution in [0.5, 0.6) is 0 Å². The van der Waals surface area contributed by atoms with Crippen LogP contribution in [-0.4, -0.2) is 14.0 Å². The van der Waals surface area contributed by atoms with E-state index >= 15 is 0 Å². The molecule has 0 saturated heterocycles. The van der Waals surface area contributed by atoms with E-state index in [2.05, 4.69) is 83.6 Å². The molecule has 0 bridgehead atoms. The lowest BCUT2D eigenvalue weighted by Crippen LogP contribution is -1.93. The number of nitriles is 1. The molecule has 0 aliphatic carbocycles. The summed E-state index contributed by atoms with van der Waals surface area (Å²) in [6.45, 7) is 0.